The Hall–Kier alpha value is -1.07. The van der Waals surface area contributed by atoms with Crippen LogP contribution in [0.4, 0.5) is 4.39 Å². The van der Waals surface area contributed by atoms with Crippen LogP contribution in [0.5, 0.6) is 0 Å². The summed E-state index contributed by atoms with van der Waals surface area (Å²) in [6.07, 6.45) is 2.50. The number of amides is 1. The lowest BCUT2D eigenvalue weighted by atomic mass is 10.2. The van der Waals surface area contributed by atoms with E-state index in [0.717, 1.165) is 29.9 Å². The van der Waals surface area contributed by atoms with E-state index in [-0.39, 0.29) is 11.7 Å². The highest BCUT2D eigenvalue weighted by Crippen LogP contribution is 2.18. The number of carbonyl (C=O) groups excluding carboxylic acids is 1. The molecule has 0 aliphatic carbocycles. The molecule has 0 aliphatic rings. The number of hydrogen-bond donors (Lipinski definition) is 2. The first-order valence-corrected chi connectivity index (χ1v) is 7.53. The van der Waals surface area contributed by atoms with Crippen molar-refractivity contribution in [1.82, 2.24) is 5.32 Å². The minimum absolute atomic E-state index is 0.0753. The van der Waals surface area contributed by atoms with Crippen LogP contribution in [-0.2, 0) is 4.79 Å². The van der Waals surface area contributed by atoms with Gasteiger partial charge in [0.05, 0.1) is 6.04 Å². The summed E-state index contributed by atoms with van der Waals surface area (Å²) in [6, 6.07) is 6.03. The fourth-order valence-electron chi connectivity index (χ4n) is 1.58. The lowest BCUT2D eigenvalue weighted by Crippen LogP contribution is -2.40. The highest BCUT2D eigenvalue weighted by atomic mass is 32.2. The Bertz CT molecular complexity index is 384. The van der Waals surface area contributed by atoms with Gasteiger partial charge in [-0.25, -0.2) is 4.39 Å². The fourth-order valence-corrected chi connectivity index (χ4v) is 2.43. The summed E-state index contributed by atoms with van der Waals surface area (Å²) in [5, 5.41) is 2.83. The van der Waals surface area contributed by atoms with Gasteiger partial charge in [0.1, 0.15) is 5.82 Å². The number of carbonyl (C=O) groups is 1. The van der Waals surface area contributed by atoms with Crippen molar-refractivity contribution in [3.63, 3.8) is 0 Å². The lowest BCUT2D eigenvalue weighted by Gasteiger charge is -2.10. The van der Waals surface area contributed by atoms with Gasteiger partial charge in [-0.1, -0.05) is 13.3 Å². The number of thioether (sulfide) groups is 1. The smallest absolute Gasteiger partial charge is 0.236 e. The van der Waals surface area contributed by atoms with Gasteiger partial charge in [-0.2, -0.15) is 0 Å². The van der Waals surface area contributed by atoms with E-state index in [2.05, 4.69) is 5.32 Å². The molecule has 1 atom stereocenters. The van der Waals surface area contributed by atoms with Crippen LogP contribution >= 0.6 is 11.8 Å². The van der Waals surface area contributed by atoms with E-state index in [1.54, 1.807) is 23.9 Å². The van der Waals surface area contributed by atoms with Gasteiger partial charge >= 0.3 is 0 Å². The minimum Gasteiger partial charge on any atom is -0.355 e. The maximum atomic E-state index is 12.7. The van der Waals surface area contributed by atoms with Gasteiger partial charge in [0.25, 0.3) is 0 Å². The Morgan fingerprint density at radius 3 is 2.74 bits per heavy atom. The molecular weight excluding hydrogens is 263 g/mol. The molecule has 106 valence electrons. The summed E-state index contributed by atoms with van der Waals surface area (Å²) in [5.41, 5.74) is 5.69. The van der Waals surface area contributed by atoms with Gasteiger partial charge in [0.2, 0.25) is 5.91 Å². The number of halogens is 1. The van der Waals surface area contributed by atoms with E-state index in [1.807, 2.05) is 6.92 Å². The fraction of sp³-hybridized carbons (Fsp3) is 0.500. The zero-order valence-electron chi connectivity index (χ0n) is 11.2. The summed E-state index contributed by atoms with van der Waals surface area (Å²) in [4.78, 5) is 12.6. The molecule has 3 N–H and O–H groups in total. The first-order chi connectivity index (χ1) is 9.13. The molecule has 0 aromatic heterocycles. The third kappa shape index (κ3) is 6.59. The number of hydrogen-bond acceptors (Lipinski definition) is 3. The van der Waals surface area contributed by atoms with Gasteiger partial charge in [0.15, 0.2) is 0 Å². The molecule has 0 saturated heterocycles. The van der Waals surface area contributed by atoms with Crippen LogP contribution in [0, 0.1) is 5.82 Å². The lowest BCUT2D eigenvalue weighted by molar-refractivity contribution is -0.122. The zero-order valence-corrected chi connectivity index (χ0v) is 12.0. The Labute approximate surface area is 118 Å². The second-order valence-electron chi connectivity index (χ2n) is 4.34. The van der Waals surface area contributed by atoms with E-state index in [0.29, 0.717) is 6.54 Å². The quantitative estimate of drug-likeness (QED) is 0.570. The molecule has 0 fully saturated rings. The molecule has 5 heteroatoms. The van der Waals surface area contributed by atoms with Crippen molar-refractivity contribution in [3.8, 4) is 0 Å². The maximum absolute atomic E-state index is 12.7. The standard InChI is InChI=1S/C14H21FN2OS/c1-2-4-13(16)14(18)17-9-3-10-19-12-7-5-11(15)6-8-12/h5-8,13H,2-4,9-10,16H2,1H3,(H,17,18). The second-order valence-corrected chi connectivity index (χ2v) is 5.51. The highest BCUT2D eigenvalue weighted by Gasteiger charge is 2.10. The van der Waals surface area contributed by atoms with Gasteiger partial charge in [-0.15, -0.1) is 11.8 Å². The second kappa shape index (κ2) is 8.93. The van der Waals surface area contributed by atoms with Crippen LogP contribution in [-0.4, -0.2) is 24.2 Å². The highest BCUT2D eigenvalue weighted by molar-refractivity contribution is 7.99. The number of rotatable bonds is 8. The molecule has 1 aromatic rings. The first-order valence-electron chi connectivity index (χ1n) is 6.55. The summed E-state index contributed by atoms with van der Waals surface area (Å²) in [7, 11) is 0. The van der Waals surface area contributed by atoms with Crippen molar-refractivity contribution < 1.29 is 9.18 Å². The first kappa shape index (κ1) is 16.0. The summed E-state index contributed by atoms with van der Waals surface area (Å²) in [5.74, 6) is 0.588. The van der Waals surface area contributed by atoms with Crippen LogP contribution in [0.2, 0.25) is 0 Å². The summed E-state index contributed by atoms with van der Waals surface area (Å²) in [6.45, 7) is 2.64. The molecule has 19 heavy (non-hydrogen) atoms. The third-order valence-electron chi connectivity index (χ3n) is 2.64. The molecule has 0 aliphatic heterocycles. The largest absolute Gasteiger partial charge is 0.355 e. The summed E-state index contributed by atoms with van der Waals surface area (Å²) >= 11 is 1.65. The van der Waals surface area contributed by atoms with Crippen molar-refractivity contribution in [2.24, 2.45) is 5.73 Å². The molecule has 1 aromatic carbocycles. The number of nitrogens with one attached hydrogen (secondary N) is 1. The molecule has 1 unspecified atom stereocenters. The van der Waals surface area contributed by atoms with E-state index in [1.165, 1.54) is 12.1 Å². The topological polar surface area (TPSA) is 55.1 Å². The Balaban J connectivity index is 2.11. The monoisotopic (exact) mass is 284 g/mol. The molecule has 0 radical (unpaired) electrons. The van der Waals surface area contributed by atoms with Gasteiger partial charge in [0, 0.05) is 11.4 Å². The van der Waals surface area contributed by atoms with Gasteiger partial charge in [-0.3, -0.25) is 4.79 Å². The maximum Gasteiger partial charge on any atom is 0.236 e. The van der Waals surface area contributed by atoms with Crippen molar-refractivity contribution in [1.29, 1.82) is 0 Å². The van der Waals surface area contributed by atoms with Crippen molar-refractivity contribution in [2.75, 3.05) is 12.3 Å². The Kier molecular flexibility index (Phi) is 7.52. The third-order valence-corrected chi connectivity index (χ3v) is 3.74. The van der Waals surface area contributed by atoms with E-state index >= 15 is 0 Å². The zero-order chi connectivity index (χ0) is 14.1. The normalized spacial score (nSPS) is 12.2. The minimum atomic E-state index is -0.394. The van der Waals surface area contributed by atoms with E-state index in [4.69, 9.17) is 5.73 Å². The number of nitrogens with two attached hydrogens (primary N) is 1. The Morgan fingerprint density at radius 2 is 2.11 bits per heavy atom. The molecular formula is C14H21FN2OS. The molecule has 1 amide bonds. The van der Waals surface area contributed by atoms with Crippen molar-refractivity contribution >= 4 is 17.7 Å². The van der Waals surface area contributed by atoms with Gasteiger partial charge < -0.3 is 11.1 Å². The van der Waals surface area contributed by atoms with Crippen LogP contribution in [0.25, 0.3) is 0 Å². The Morgan fingerprint density at radius 1 is 1.42 bits per heavy atom. The van der Waals surface area contributed by atoms with Gasteiger partial charge in [-0.05, 0) is 42.9 Å². The van der Waals surface area contributed by atoms with Crippen LogP contribution < -0.4 is 11.1 Å². The molecule has 0 bridgehead atoms. The molecule has 0 spiro atoms. The van der Waals surface area contributed by atoms with Crippen molar-refractivity contribution in [2.45, 2.75) is 37.1 Å². The predicted octanol–water partition coefficient (Wildman–Crippen LogP) is 2.55. The van der Waals surface area contributed by atoms with Crippen LogP contribution in [0.15, 0.2) is 29.2 Å². The average molecular weight is 284 g/mol. The molecule has 3 nitrogen and oxygen atoms in total. The molecule has 0 heterocycles. The van der Waals surface area contributed by atoms with Crippen molar-refractivity contribution in [3.05, 3.63) is 30.1 Å². The molecule has 1 rings (SSSR count). The average Bonchev–Trinajstić information content (AvgIpc) is 2.40. The predicted molar refractivity (Wildman–Crippen MR) is 77.6 cm³/mol. The SMILES string of the molecule is CCCC(N)C(=O)NCCCSc1ccc(F)cc1. The van der Waals surface area contributed by atoms with E-state index in [9.17, 15) is 9.18 Å². The van der Waals surface area contributed by atoms with Crippen LogP contribution in [0.1, 0.15) is 26.2 Å². The van der Waals surface area contributed by atoms with E-state index < -0.39 is 6.04 Å². The summed E-state index contributed by atoms with van der Waals surface area (Å²) < 4.78 is 12.7. The molecule has 0 saturated carbocycles. The number of benzene rings is 1. The van der Waals surface area contributed by atoms with Crippen LogP contribution in [0.3, 0.4) is 0 Å².